The standard InChI is InChI=1S/C22H25N3O4S3/c1-29-16-6-8-17(9-7-16)32(27,28)15-10-20(26)24-11-13-25(14-12-24)22-23-21-18(30-2)4-3-5-19(21)31-22/h3-9H,10-15H2,1-2H3. The van der Waals surface area contributed by atoms with Gasteiger partial charge in [-0.25, -0.2) is 13.4 Å². The maximum absolute atomic E-state index is 12.7. The zero-order valence-electron chi connectivity index (χ0n) is 18.0. The van der Waals surface area contributed by atoms with Crippen molar-refractivity contribution in [2.24, 2.45) is 0 Å². The van der Waals surface area contributed by atoms with E-state index in [9.17, 15) is 13.2 Å². The number of sulfone groups is 1. The van der Waals surface area contributed by atoms with Gasteiger partial charge in [0.15, 0.2) is 15.0 Å². The van der Waals surface area contributed by atoms with Crippen molar-refractivity contribution in [3.63, 3.8) is 0 Å². The fourth-order valence-corrected chi connectivity index (χ4v) is 6.54. The fraction of sp³-hybridized carbons (Fsp3) is 0.364. The number of thioether (sulfide) groups is 1. The summed E-state index contributed by atoms with van der Waals surface area (Å²) >= 11 is 3.35. The number of anilines is 1. The zero-order valence-corrected chi connectivity index (χ0v) is 20.4. The lowest BCUT2D eigenvalue weighted by Gasteiger charge is -2.34. The van der Waals surface area contributed by atoms with Crippen LogP contribution >= 0.6 is 23.1 Å². The monoisotopic (exact) mass is 491 g/mol. The molecule has 0 aliphatic carbocycles. The van der Waals surface area contributed by atoms with Crippen molar-refractivity contribution in [2.45, 2.75) is 16.2 Å². The molecule has 0 atom stereocenters. The van der Waals surface area contributed by atoms with Crippen LogP contribution in [0.5, 0.6) is 5.75 Å². The van der Waals surface area contributed by atoms with E-state index in [1.807, 2.05) is 12.3 Å². The summed E-state index contributed by atoms with van der Waals surface area (Å²) < 4.78 is 31.4. The van der Waals surface area contributed by atoms with Crippen LogP contribution in [0.15, 0.2) is 52.3 Å². The largest absolute Gasteiger partial charge is 0.497 e. The van der Waals surface area contributed by atoms with Crippen LogP contribution in [0.1, 0.15) is 6.42 Å². The fourth-order valence-electron chi connectivity index (χ4n) is 3.64. The molecule has 2 aromatic carbocycles. The molecule has 0 bridgehead atoms. The lowest BCUT2D eigenvalue weighted by atomic mass is 10.3. The Morgan fingerprint density at radius 2 is 1.84 bits per heavy atom. The average molecular weight is 492 g/mol. The van der Waals surface area contributed by atoms with Crippen molar-refractivity contribution in [2.75, 3.05) is 50.2 Å². The Labute approximate surface area is 196 Å². The van der Waals surface area contributed by atoms with Crippen molar-refractivity contribution >= 4 is 54.2 Å². The normalized spacial score (nSPS) is 14.7. The Morgan fingerprint density at radius 3 is 2.50 bits per heavy atom. The molecule has 1 saturated heterocycles. The number of methoxy groups -OCH3 is 1. The Hall–Kier alpha value is -2.30. The number of aromatic nitrogens is 1. The molecule has 1 aromatic heterocycles. The van der Waals surface area contributed by atoms with Crippen molar-refractivity contribution in [3.8, 4) is 5.75 Å². The van der Waals surface area contributed by atoms with Gasteiger partial charge in [0.2, 0.25) is 5.91 Å². The van der Waals surface area contributed by atoms with Crippen LogP contribution in [0.25, 0.3) is 10.2 Å². The van der Waals surface area contributed by atoms with Gasteiger partial charge in [-0.1, -0.05) is 17.4 Å². The highest BCUT2D eigenvalue weighted by atomic mass is 32.2. The predicted octanol–water partition coefficient (Wildman–Crippen LogP) is 3.54. The lowest BCUT2D eigenvalue weighted by molar-refractivity contribution is -0.131. The molecule has 0 spiro atoms. The minimum absolute atomic E-state index is 0.0212. The number of hydrogen-bond donors (Lipinski definition) is 0. The molecule has 2 heterocycles. The summed E-state index contributed by atoms with van der Waals surface area (Å²) in [4.78, 5) is 22.8. The third-order valence-corrected chi connectivity index (χ3v) is 9.08. The third kappa shape index (κ3) is 4.87. The van der Waals surface area contributed by atoms with Crippen LogP contribution in [0.3, 0.4) is 0 Å². The molecule has 170 valence electrons. The van der Waals surface area contributed by atoms with E-state index in [0.717, 1.165) is 20.2 Å². The number of nitrogens with zero attached hydrogens (tertiary/aromatic N) is 3. The highest BCUT2D eigenvalue weighted by molar-refractivity contribution is 7.98. The van der Waals surface area contributed by atoms with Crippen LogP contribution in [0.4, 0.5) is 5.13 Å². The van der Waals surface area contributed by atoms with Gasteiger partial charge in [0.05, 0.1) is 28.0 Å². The molecule has 3 aromatic rings. The van der Waals surface area contributed by atoms with Crippen molar-refractivity contribution < 1.29 is 17.9 Å². The summed E-state index contributed by atoms with van der Waals surface area (Å²) in [6.45, 7) is 2.50. The number of rotatable bonds is 7. The first kappa shape index (κ1) is 22.9. The number of benzene rings is 2. The second kappa shape index (κ2) is 9.68. The van der Waals surface area contributed by atoms with E-state index in [1.54, 1.807) is 40.1 Å². The van der Waals surface area contributed by atoms with Crippen LogP contribution in [-0.2, 0) is 14.6 Å². The third-order valence-electron chi connectivity index (χ3n) is 5.50. The Bertz CT molecular complexity index is 1200. The number of para-hydroxylation sites is 1. The molecule has 1 amide bonds. The number of carbonyl (C=O) groups excluding carboxylic acids is 1. The molecule has 0 saturated carbocycles. The van der Waals surface area contributed by atoms with Gasteiger partial charge >= 0.3 is 0 Å². The molecular weight excluding hydrogens is 466 g/mol. The predicted molar refractivity (Wildman–Crippen MR) is 130 cm³/mol. The second-order valence-electron chi connectivity index (χ2n) is 7.42. The SMILES string of the molecule is COc1ccc(S(=O)(=O)CCC(=O)N2CCN(c3nc4c(SC)cccc4s3)CC2)cc1. The van der Waals surface area contributed by atoms with Gasteiger partial charge in [0.25, 0.3) is 0 Å². The number of ether oxygens (including phenoxy) is 1. The van der Waals surface area contributed by atoms with Crippen LogP contribution in [0, 0.1) is 0 Å². The Balaban J connectivity index is 1.33. The molecule has 10 heteroatoms. The van der Waals surface area contributed by atoms with Gasteiger partial charge in [-0.05, 0) is 42.7 Å². The average Bonchev–Trinajstić information content (AvgIpc) is 3.27. The summed E-state index contributed by atoms with van der Waals surface area (Å²) in [5.41, 5.74) is 1.03. The number of hydrogen-bond acceptors (Lipinski definition) is 8. The van der Waals surface area contributed by atoms with Crippen LogP contribution in [0.2, 0.25) is 0 Å². The van der Waals surface area contributed by atoms with E-state index >= 15 is 0 Å². The van der Waals surface area contributed by atoms with E-state index in [4.69, 9.17) is 9.72 Å². The minimum Gasteiger partial charge on any atom is -0.497 e. The van der Waals surface area contributed by atoms with Gasteiger partial charge in [-0.3, -0.25) is 4.79 Å². The van der Waals surface area contributed by atoms with E-state index < -0.39 is 9.84 Å². The first-order valence-electron chi connectivity index (χ1n) is 10.2. The summed E-state index contributed by atoms with van der Waals surface area (Å²) in [5.74, 6) is 0.264. The van der Waals surface area contributed by atoms with Crippen LogP contribution < -0.4 is 9.64 Å². The van der Waals surface area contributed by atoms with Crippen molar-refractivity contribution in [3.05, 3.63) is 42.5 Å². The van der Waals surface area contributed by atoms with Gasteiger partial charge in [0.1, 0.15) is 5.75 Å². The molecule has 1 fully saturated rings. The first-order chi connectivity index (χ1) is 15.4. The maximum atomic E-state index is 12.7. The van der Waals surface area contributed by atoms with Crippen LogP contribution in [-0.4, -0.2) is 69.5 Å². The summed E-state index contributed by atoms with van der Waals surface area (Å²) in [7, 11) is -1.99. The molecule has 1 aliphatic heterocycles. The van der Waals surface area contributed by atoms with E-state index in [-0.39, 0.29) is 23.0 Å². The molecule has 0 N–H and O–H groups in total. The number of fused-ring (bicyclic) bond motifs is 1. The molecular formula is C22H25N3O4S3. The maximum Gasteiger partial charge on any atom is 0.223 e. The molecule has 0 radical (unpaired) electrons. The molecule has 1 aliphatic rings. The second-order valence-corrected chi connectivity index (χ2v) is 11.4. The Morgan fingerprint density at radius 1 is 1.12 bits per heavy atom. The van der Waals surface area contributed by atoms with E-state index in [0.29, 0.717) is 31.9 Å². The molecule has 0 unspecified atom stereocenters. The van der Waals surface area contributed by atoms with Crippen molar-refractivity contribution in [1.82, 2.24) is 9.88 Å². The molecule has 4 rings (SSSR count). The summed E-state index contributed by atoms with van der Waals surface area (Å²) in [6, 6.07) is 12.4. The highest BCUT2D eigenvalue weighted by Crippen LogP contribution is 2.34. The summed E-state index contributed by atoms with van der Waals surface area (Å²) in [6.07, 6.45) is 2.03. The number of amides is 1. The van der Waals surface area contributed by atoms with Gasteiger partial charge < -0.3 is 14.5 Å². The van der Waals surface area contributed by atoms with E-state index in [2.05, 4.69) is 17.0 Å². The molecule has 32 heavy (non-hydrogen) atoms. The number of thiazole rings is 1. The number of carbonyl (C=O) groups is 1. The molecule has 7 nitrogen and oxygen atoms in total. The minimum atomic E-state index is -3.52. The van der Waals surface area contributed by atoms with E-state index in [1.165, 1.54) is 19.2 Å². The quantitative estimate of drug-likeness (QED) is 0.468. The highest BCUT2D eigenvalue weighted by Gasteiger charge is 2.25. The first-order valence-corrected chi connectivity index (χ1v) is 13.9. The van der Waals surface area contributed by atoms with Gasteiger partial charge in [0, 0.05) is 37.5 Å². The topological polar surface area (TPSA) is 79.8 Å². The summed E-state index contributed by atoms with van der Waals surface area (Å²) in [5, 5.41) is 0.968. The lowest BCUT2D eigenvalue weighted by Crippen LogP contribution is -2.49. The van der Waals surface area contributed by atoms with Gasteiger partial charge in [-0.2, -0.15) is 0 Å². The smallest absolute Gasteiger partial charge is 0.223 e. The number of piperazine rings is 1. The van der Waals surface area contributed by atoms with Gasteiger partial charge in [-0.15, -0.1) is 11.8 Å². The van der Waals surface area contributed by atoms with Crippen molar-refractivity contribution in [1.29, 1.82) is 0 Å². The Kier molecular flexibility index (Phi) is 6.92. The zero-order chi connectivity index (χ0) is 22.7.